The van der Waals surface area contributed by atoms with Gasteiger partial charge in [-0.3, -0.25) is 9.59 Å². The van der Waals surface area contributed by atoms with E-state index in [4.69, 9.17) is 4.74 Å². The molecule has 0 spiro atoms. The molecule has 0 saturated carbocycles. The number of methoxy groups -OCH3 is 1. The maximum atomic E-state index is 11.3. The van der Waals surface area contributed by atoms with E-state index in [9.17, 15) is 9.59 Å². The third kappa shape index (κ3) is 7.23. The monoisotopic (exact) mass is 231 g/mol. The zero-order valence-electron chi connectivity index (χ0n) is 10.6. The van der Waals surface area contributed by atoms with Gasteiger partial charge in [0.15, 0.2) is 0 Å². The van der Waals surface area contributed by atoms with Crippen LogP contribution < -0.4 is 5.32 Å². The Labute approximate surface area is 96.5 Å². The Morgan fingerprint density at radius 2 is 1.88 bits per heavy atom. The molecule has 0 saturated heterocycles. The minimum atomic E-state index is -0.479. The van der Waals surface area contributed by atoms with E-state index in [0.717, 1.165) is 0 Å². The molecular formula is C11H21NO4. The van der Waals surface area contributed by atoms with Gasteiger partial charge in [-0.25, -0.2) is 0 Å². The third-order valence-electron chi connectivity index (χ3n) is 1.74. The van der Waals surface area contributed by atoms with E-state index in [1.807, 2.05) is 20.8 Å². The van der Waals surface area contributed by atoms with Gasteiger partial charge in [0.2, 0.25) is 0 Å². The van der Waals surface area contributed by atoms with Crippen LogP contribution in [0.5, 0.6) is 0 Å². The van der Waals surface area contributed by atoms with Crippen LogP contribution in [0.25, 0.3) is 0 Å². The predicted molar refractivity (Wildman–Crippen MR) is 59.9 cm³/mol. The van der Waals surface area contributed by atoms with Crippen molar-refractivity contribution in [1.82, 2.24) is 5.32 Å². The van der Waals surface area contributed by atoms with Crippen molar-refractivity contribution < 1.29 is 19.1 Å². The van der Waals surface area contributed by atoms with E-state index in [1.165, 1.54) is 7.11 Å². The summed E-state index contributed by atoms with van der Waals surface area (Å²) in [5.41, 5.74) is -0.479. The summed E-state index contributed by atoms with van der Waals surface area (Å²) in [5, 5.41) is 2.85. The van der Waals surface area contributed by atoms with Gasteiger partial charge in [-0.2, -0.15) is 0 Å². The fourth-order valence-electron chi connectivity index (χ4n) is 1.05. The molecule has 0 aliphatic heterocycles. The summed E-state index contributed by atoms with van der Waals surface area (Å²) in [6, 6.07) is 0. The van der Waals surface area contributed by atoms with Gasteiger partial charge in [-0.1, -0.05) is 6.92 Å². The van der Waals surface area contributed by atoms with Crippen molar-refractivity contribution in [2.24, 2.45) is 5.92 Å². The number of carbonyl (C=O) groups is 2. The van der Waals surface area contributed by atoms with Crippen LogP contribution in [0, 0.1) is 5.92 Å². The van der Waals surface area contributed by atoms with Crippen LogP contribution >= 0.6 is 0 Å². The molecule has 0 aliphatic rings. The molecule has 0 aliphatic carbocycles. The third-order valence-corrected chi connectivity index (χ3v) is 1.74. The smallest absolute Gasteiger partial charge is 0.320 e. The normalized spacial score (nSPS) is 13.1. The van der Waals surface area contributed by atoms with E-state index in [0.29, 0.717) is 6.54 Å². The van der Waals surface area contributed by atoms with Gasteiger partial charge in [-0.05, 0) is 20.8 Å². The Bertz CT molecular complexity index is 245. The van der Waals surface area contributed by atoms with Gasteiger partial charge in [-0.15, -0.1) is 0 Å². The molecule has 5 nitrogen and oxygen atoms in total. The van der Waals surface area contributed by atoms with Crippen LogP contribution in [-0.4, -0.2) is 37.7 Å². The average molecular weight is 231 g/mol. The van der Waals surface area contributed by atoms with Crippen LogP contribution in [0.3, 0.4) is 0 Å². The summed E-state index contributed by atoms with van der Waals surface area (Å²) in [6.45, 7) is 7.64. The summed E-state index contributed by atoms with van der Waals surface area (Å²) < 4.78 is 9.64. The highest BCUT2D eigenvalue weighted by Crippen LogP contribution is 2.06. The van der Waals surface area contributed by atoms with Crippen molar-refractivity contribution in [2.75, 3.05) is 20.2 Å². The van der Waals surface area contributed by atoms with E-state index < -0.39 is 5.60 Å². The second kappa shape index (κ2) is 6.48. The summed E-state index contributed by atoms with van der Waals surface area (Å²) in [6.07, 6.45) is 0. The van der Waals surface area contributed by atoms with Crippen LogP contribution in [0.2, 0.25) is 0 Å². The van der Waals surface area contributed by atoms with Gasteiger partial charge in [0, 0.05) is 6.54 Å². The maximum Gasteiger partial charge on any atom is 0.320 e. The summed E-state index contributed by atoms with van der Waals surface area (Å²) >= 11 is 0. The van der Waals surface area contributed by atoms with E-state index in [1.54, 1.807) is 6.92 Å². The van der Waals surface area contributed by atoms with Gasteiger partial charge in [0.25, 0.3) is 0 Å². The van der Waals surface area contributed by atoms with E-state index in [-0.39, 0.29) is 24.4 Å². The number of ether oxygens (including phenoxy) is 2. The van der Waals surface area contributed by atoms with Crippen LogP contribution in [0.15, 0.2) is 0 Å². The molecule has 0 radical (unpaired) electrons. The van der Waals surface area contributed by atoms with Gasteiger partial charge in [0.05, 0.1) is 19.6 Å². The second-order valence-electron chi connectivity index (χ2n) is 4.64. The minimum Gasteiger partial charge on any atom is -0.469 e. The molecule has 16 heavy (non-hydrogen) atoms. The number of hydrogen-bond acceptors (Lipinski definition) is 5. The zero-order valence-corrected chi connectivity index (χ0v) is 10.6. The topological polar surface area (TPSA) is 64.6 Å². The van der Waals surface area contributed by atoms with Gasteiger partial charge in [0.1, 0.15) is 5.60 Å². The number of carbonyl (C=O) groups excluding carboxylic acids is 2. The average Bonchev–Trinajstić information content (AvgIpc) is 2.13. The highest BCUT2D eigenvalue weighted by Gasteiger charge is 2.17. The Morgan fingerprint density at radius 3 is 2.31 bits per heavy atom. The number of nitrogens with one attached hydrogen (secondary N) is 1. The van der Waals surface area contributed by atoms with Crippen LogP contribution in [0.4, 0.5) is 0 Å². The minimum absolute atomic E-state index is 0.0958. The van der Waals surface area contributed by atoms with E-state index >= 15 is 0 Å². The Kier molecular flexibility index (Phi) is 6.03. The lowest BCUT2D eigenvalue weighted by Crippen LogP contribution is -2.35. The molecule has 0 heterocycles. The van der Waals surface area contributed by atoms with Crippen molar-refractivity contribution in [2.45, 2.75) is 33.3 Å². The zero-order chi connectivity index (χ0) is 12.8. The SMILES string of the molecule is COC(=O)C(C)CNCC(=O)OC(C)(C)C. The van der Waals surface area contributed by atoms with Crippen LogP contribution in [0.1, 0.15) is 27.7 Å². The highest BCUT2D eigenvalue weighted by molar-refractivity contribution is 5.73. The lowest BCUT2D eigenvalue weighted by molar-refractivity contribution is -0.154. The largest absolute Gasteiger partial charge is 0.469 e. The first kappa shape index (κ1) is 14.9. The molecule has 0 bridgehead atoms. The maximum absolute atomic E-state index is 11.3. The molecule has 94 valence electrons. The number of hydrogen-bond donors (Lipinski definition) is 1. The number of esters is 2. The highest BCUT2D eigenvalue weighted by atomic mass is 16.6. The Morgan fingerprint density at radius 1 is 1.31 bits per heavy atom. The van der Waals surface area contributed by atoms with Crippen molar-refractivity contribution >= 4 is 11.9 Å². The molecule has 5 heteroatoms. The van der Waals surface area contributed by atoms with Crippen LogP contribution in [-0.2, 0) is 19.1 Å². The standard InChI is InChI=1S/C11H21NO4/c1-8(10(14)15-5)6-12-7-9(13)16-11(2,3)4/h8,12H,6-7H2,1-5H3. The van der Waals surface area contributed by atoms with Gasteiger partial charge >= 0.3 is 11.9 Å². The second-order valence-corrected chi connectivity index (χ2v) is 4.64. The predicted octanol–water partition coefficient (Wildman–Crippen LogP) is 0.727. The molecule has 0 rings (SSSR count). The van der Waals surface area contributed by atoms with Crippen molar-refractivity contribution in [3.05, 3.63) is 0 Å². The molecule has 0 aromatic rings. The number of rotatable bonds is 5. The molecular weight excluding hydrogens is 210 g/mol. The first-order valence-corrected chi connectivity index (χ1v) is 5.26. The fourth-order valence-corrected chi connectivity index (χ4v) is 1.05. The lowest BCUT2D eigenvalue weighted by Gasteiger charge is -2.19. The summed E-state index contributed by atoms with van der Waals surface area (Å²) in [7, 11) is 1.34. The first-order valence-electron chi connectivity index (χ1n) is 5.26. The molecule has 1 N–H and O–H groups in total. The molecule has 1 atom stereocenters. The molecule has 0 aromatic carbocycles. The fraction of sp³-hybridized carbons (Fsp3) is 0.818. The molecule has 1 unspecified atom stereocenters. The summed E-state index contributed by atoms with van der Waals surface area (Å²) in [4.78, 5) is 22.3. The quantitative estimate of drug-likeness (QED) is 0.706. The Balaban J connectivity index is 3.74. The van der Waals surface area contributed by atoms with Crippen molar-refractivity contribution in [1.29, 1.82) is 0 Å². The lowest BCUT2D eigenvalue weighted by atomic mass is 10.2. The molecule has 0 fully saturated rings. The molecule has 0 aromatic heterocycles. The van der Waals surface area contributed by atoms with Crippen molar-refractivity contribution in [3.63, 3.8) is 0 Å². The van der Waals surface area contributed by atoms with E-state index in [2.05, 4.69) is 10.1 Å². The van der Waals surface area contributed by atoms with Gasteiger partial charge < -0.3 is 14.8 Å². The molecule has 0 amide bonds. The Hall–Kier alpha value is -1.10. The summed E-state index contributed by atoms with van der Waals surface area (Å²) in [5.74, 6) is -0.895. The van der Waals surface area contributed by atoms with Crippen molar-refractivity contribution in [3.8, 4) is 0 Å². The first-order chi connectivity index (χ1) is 7.26.